The smallest absolute Gasteiger partial charge is 0.357 e. The van der Waals surface area contributed by atoms with Crippen molar-refractivity contribution in [3.63, 3.8) is 0 Å². The lowest BCUT2D eigenvalue weighted by Crippen LogP contribution is -2.45. The Labute approximate surface area is 130 Å². The summed E-state index contributed by atoms with van der Waals surface area (Å²) in [5, 5.41) is 6.32. The molecule has 0 radical (unpaired) electrons. The summed E-state index contributed by atoms with van der Waals surface area (Å²) in [5.41, 5.74) is 0. The molecule has 22 heavy (non-hydrogen) atoms. The van der Waals surface area contributed by atoms with E-state index in [-0.39, 0.29) is 12.6 Å². The predicted molar refractivity (Wildman–Crippen MR) is 82.0 cm³/mol. The molecular weight excluding hydrogens is 293 g/mol. The van der Waals surface area contributed by atoms with Crippen LogP contribution in [-0.2, 0) is 0 Å². The van der Waals surface area contributed by atoms with Crippen LogP contribution in [0.1, 0.15) is 45.4 Å². The van der Waals surface area contributed by atoms with Crippen molar-refractivity contribution in [2.45, 2.75) is 63.7 Å². The molecule has 1 aliphatic carbocycles. The lowest BCUT2D eigenvalue weighted by molar-refractivity contribution is -0.132. The zero-order valence-corrected chi connectivity index (χ0v) is 13.3. The van der Waals surface area contributed by atoms with E-state index in [1.165, 1.54) is 25.7 Å². The van der Waals surface area contributed by atoms with E-state index < -0.39 is 12.6 Å². The first-order valence-corrected chi connectivity index (χ1v) is 8.33. The van der Waals surface area contributed by atoms with Gasteiger partial charge in [0.25, 0.3) is 0 Å². The molecule has 2 rings (SSSR count). The number of aliphatic imine (C=N–C) groups is 1. The first kappa shape index (κ1) is 17.4. The molecule has 1 heterocycles. The van der Waals surface area contributed by atoms with Gasteiger partial charge >= 0.3 is 6.18 Å². The number of nitrogens with zero attached hydrogens (tertiary/aromatic N) is 2. The van der Waals surface area contributed by atoms with Crippen molar-refractivity contribution < 1.29 is 13.2 Å². The maximum atomic E-state index is 12.2. The Bertz CT molecular complexity index is 364. The van der Waals surface area contributed by atoms with E-state index in [1.54, 1.807) is 0 Å². The van der Waals surface area contributed by atoms with E-state index in [9.17, 15) is 13.2 Å². The summed E-state index contributed by atoms with van der Waals surface area (Å²) in [6.45, 7) is 4.38. The molecule has 0 spiro atoms. The lowest BCUT2D eigenvalue weighted by Gasteiger charge is -2.24. The fourth-order valence-electron chi connectivity index (χ4n) is 3.31. The Balaban J connectivity index is 1.79. The van der Waals surface area contributed by atoms with Gasteiger partial charge in [-0.3, -0.25) is 9.89 Å². The van der Waals surface area contributed by atoms with Gasteiger partial charge in [-0.1, -0.05) is 12.8 Å². The Morgan fingerprint density at radius 3 is 2.59 bits per heavy atom. The summed E-state index contributed by atoms with van der Waals surface area (Å²) in [6, 6.07) is 0.987. The van der Waals surface area contributed by atoms with Gasteiger partial charge in [0.2, 0.25) is 0 Å². The van der Waals surface area contributed by atoms with Gasteiger partial charge in [-0.25, -0.2) is 0 Å². The van der Waals surface area contributed by atoms with E-state index in [1.807, 2.05) is 6.92 Å². The topological polar surface area (TPSA) is 39.7 Å². The zero-order valence-electron chi connectivity index (χ0n) is 13.3. The molecule has 2 aliphatic rings. The van der Waals surface area contributed by atoms with E-state index >= 15 is 0 Å². The van der Waals surface area contributed by atoms with Gasteiger partial charge in [-0.05, 0) is 26.2 Å². The maximum absolute atomic E-state index is 12.2. The molecule has 2 fully saturated rings. The summed E-state index contributed by atoms with van der Waals surface area (Å²) in [7, 11) is 0. The van der Waals surface area contributed by atoms with Crippen LogP contribution in [0.15, 0.2) is 4.99 Å². The predicted octanol–water partition coefficient (Wildman–Crippen LogP) is 2.51. The van der Waals surface area contributed by atoms with Gasteiger partial charge in [-0.15, -0.1) is 0 Å². The largest absolute Gasteiger partial charge is 0.390 e. The summed E-state index contributed by atoms with van der Waals surface area (Å²) in [6.07, 6.45) is 1.22. The Morgan fingerprint density at radius 1 is 1.23 bits per heavy atom. The van der Waals surface area contributed by atoms with Crippen molar-refractivity contribution in [2.75, 3.05) is 26.2 Å². The molecular formula is C15H27F3N4. The molecule has 0 aromatic rings. The van der Waals surface area contributed by atoms with Crippen molar-refractivity contribution in [3.8, 4) is 0 Å². The lowest BCUT2D eigenvalue weighted by atomic mass is 10.2. The van der Waals surface area contributed by atoms with Crippen LogP contribution in [0.25, 0.3) is 0 Å². The summed E-state index contributed by atoms with van der Waals surface area (Å²) in [5.74, 6) is 0.505. The molecule has 1 atom stereocenters. The summed E-state index contributed by atoms with van der Waals surface area (Å²) in [4.78, 5) is 6.56. The molecule has 1 unspecified atom stereocenters. The van der Waals surface area contributed by atoms with Gasteiger partial charge in [-0.2, -0.15) is 13.2 Å². The number of alkyl halides is 3. The number of hydrogen-bond donors (Lipinski definition) is 2. The number of nitrogens with one attached hydrogen (secondary N) is 2. The van der Waals surface area contributed by atoms with Crippen LogP contribution in [-0.4, -0.2) is 55.3 Å². The minimum absolute atomic E-state index is 0.224. The van der Waals surface area contributed by atoms with Crippen LogP contribution in [0.3, 0.4) is 0 Å². The van der Waals surface area contributed by atoms with Crippen LogP contribution in [0.5, 0.6) is 0 Å². The van der Waals surface area contributed by atoms with Crippen LogP contribution in [0.4, 0.5) is 13.2 Å². The van der Waals surface area contributed by atoms with Crippen molar-refractivity contribution in [3.05, 3.63) is 0 Å². The van der Waals surface area contributed by atoms with Crippen LogP contribution in [0, 0.1) is 0 Å². The van der Waals surface area contributed by atoms with Crippen LogP contribution >= 0.6 is 0 Å². The Morgan fingerprint density at radius 2 is 1.95 bits per heavy atom. The van der Waals surface area contributed by atoms with E-state index in [0.29, 0.717) is 18.5 Å². The second kappa shape index (κ2) is 8.04. The average molecular weight is 320 g/mol. The van der Waals surface area contributed by atoms with Gasteiger partial charge in [0.05, 0.1) is 13.0 Å². The maximum Gasteiger partial charge on any atom is 0.390 e. The van der Waals surface area contributed by atoms with Crippen molar-refractivity contribution in [1.82, 2.24) is 15.5 Å². The second-order valence-corrected chi connectivity index (χ2v) is 6.19. The quantitative estimate of drug-likeness (QED) is 0.604. The summed E-state index contributed by atoms with van der Waals surface area (Å²) >= 11 is 0. The minimum Gasteiger partial charge on any atom is -0.357 e. The number of guanidine groups is 1. The number of rotatable bonds is 5. The van der Waals surface area contributed by atoms with Crippen molar-refractivity contribution in [2.24, 2.45) is 4.99 Å². The molecule has 1 aliphatic heterocycles. The highest BCUT2D eigenvalue weighted by atomic mass is 19.4. The monoisotopic (exact) mass is 320 g/mol. The number of halogens is 3. The fraction of sp³-hybridized carbons (Fsp3) is 0.933. The third-order valence-corrected chi connectivity index (χ3v) is 4.41. The molecule has 2 N–H and O–H groups in total. The van der Waals surface area contributed by atoms with Crippen molar-refractivity contribution in [1.29, 1.82) is 0 Å². The molecule has 1 saturated carbocycles. The average Bonchev–Trinajstić information content (AvgIpc) is 3.07. The van der Waals surface area contributed by atoms with Gasteiger partial charge in [0.1, 0.15) is 0 Å². The SMILES string of the molecule is CCNC(=NCCC(F)(F)F)NC1CCN(C2CCCC2)C1. The molecule has 7 heteroatoms. The molecule has 4 nitrogen and oxygen atoms in total. The van der Waals surface area contributed by atoms with E-state index in [4.69, 9.17) is 0 Å². The van der Waals surface area contributed by atoms with E-state index in [2.05, 4.69) is 20.5 Å². The highest BCUT2D eigenvalue weighted by molar-refractivity contribution is 5.80. The van der Waals surface area contributed by atoms with Gasteiger partial charge in [0, 0.05) is 31.7 Å². The highest BCUT2D eigenvalue weighted by Crippen LogP contribution is 2.26. The molecule has 0 amide bonds. The molecule has 1 saturated heterocycles. The van der Waals surface area contributed by atoms with Gasteiger partial charge < -0.3 is 10.6 Å². The zero-order chi connectivity index (χ0) is 16.0. The Kier molecular flexibility index (Phi) is 6.35. The van der Waals surface area contributed by atoms with Gasteiger partial charge in [0.15, 0.2) is 5.96 Å². The van der Waals surface area contributed by atoms with E-state index in [0.717, 1.165) is 19.5 Å². The molecule has 128 valence electrons. The normalized spacial score (nSPS) is 24.9. The van der Waals surface area contributed by atoms with Crippen molar-refractivity contribution >= 4 is 5.96 Å². The number of hydrogen-bond acceptors (Lipinski definition) is 2. The number of likely N-dealkylation sites (tertiary alicyclic amines) is 1. The van der Waals surface area contributed by atoms with Crippen LogP contribution < -0.4 is 10.6 Å². The third-order valence-electron chi connectivity index (χ3n) is 4.41. The van der Waals surface area contributed by atoms with Crippen LogP contribution in [0.2, 0.25) is 0 Å². The first-order valence-electron chi connectivity index (χ1n) is 8.33. The third kappa shape index (κ3) is 5.66. The highest BCUT2D eigenvalue weighted by Gasteiger charge is 2.30. The second-order valence-electron chi connectivity index (χ2n) is 6.19. The summed E-state index contributed by atoms with van der Waals surface area (Å²) < 4.78 is 36.6. The standard InChI is InChI=1S/C15H27F3N4/c1-2-19-14(20-9-8-15(16,17)18)21-12-7-10-22(11-12)13-5-3-4-6-13/h12-13H,2-11H2,1H3,(H2,19,20,21). The fourth-order valence-corrected chi connectivity index (χ4v) is 3.31. The molecule has 0 aromatic heterocycles. The molecule has 0 bridgehead atoms. The Hall–Kier alpha value is -0.980. The first-order chi connectivity index (χ1) is 10.5. The minimum atomic E-state index is -4.15. The molecule has 0 aromatic carbocycles.